The van der Waals surface area contributed by atoms with Crippen molar-refractivity contribution in [2.45, 2.75) is 58.0 Å². The Hall–Kier alpha value is -3.88. The Morgan fingerprint density at radius 1 is 1.16 bits per heavy atom. The second-order valence-electron chi connectivity index (χ2n) is 10.6. The number of aromatic nitrogens is 1. The van der Waals surface area contributed by atoms with E-state index in [2.05, 4.69) is 4.98 Å². The standard InChI is InChI=1S/C29H35N3O6/c1-6-38-28(36)31-14-11-20(12-15-31)32-24(19-8-7-13-30-17-19)23(26(34)27(32)35)25(33)18-9-10-22(37-5)21(16-18)29(2,3)4/h7-10,13,16-17,20,24,33H,6,11-12,14-15H2,1-5H3/b25-23+. The number of ether oxygens (including phenoxy) is 2. The van der Waals surface area contributed by atoms with E-state index in [0.29, 0.717) is 42.8 Å². The molecule has 9 nitrogen and oxygen atoms in total. The fraction of sp³-hybridized carbons (Fsp3) is 0.448. The summed E-state index contributed by atoms with van der Waals surface area (Å²) >= 11 is 0. The molecule has 1 aromatic heterocycles. The summed E-state index contributed by atoms with van der Waals surface area (Å²) < 4.78 is 10.6. The number of hydrogen-bond acceptors (Lipinski definition) is 7. The number of piperidine rings is 1. The van der Waals surface area contributed by atoms with E-state index < -0.39 is 17.7 Å². The lowest BCUT2D eigenvalue weighted by atomic mass is 9.84. The van der Waals surface area contributed by atoms with E-state index in [4.69, 9.17) is 9.47 Å². The fourth-order valence-electron chi connectivity index (χ4n) is 5.23. The van der Waals surface area contributed by atoms with E-state index in [-0.39, 0.29) is 35.5 Å². The van der Waals surface area contributed by atoms with Crippen LogP contribution in [0.15, 0.2) is 48.3 Å². The summed E-state index contributed by atoms with van der Waals surface area (Å²) in [7, 11) is 1.59. The summed E-state index contributed by atoms with van der Waals surface area (Å²) in [6, 6.07) is 7.69. The molecule has 2 amide bonds. The highest BCUT2D eigenvalue weighted by atomic mass is 16.6. The highest BCUT2D eigenvalue weighted by Gasteiger charge is 2.49. The Bertz CT molecular complexity index is 1240. The van der Waals surface area contributed by atoms with Crippen LogP contribution in [0.5, 0.6) is 5.75 Å². The minimum Gasteiger partial charge on any atom is -0.507 e. The van der Waals surface area contributed by atoms with E-state index in [1.165, 1.54) is 0 Å². The van der Waals surface area contributed by atoms with Crippen LogP contribution in [0.25, 0.3) is 5.76 Å². The normalized spacial score (nSPS) is 20.1. The number of carbonyl (C=O) groups excluding carboxylic acids is 3. The van der Waals surface area contributed by atoms with Gasteiger partial charge >= 0.3 is 6.09 Å². The molecule has 2 fully saturated rings. The largest absolute Gasteiger partial charge is 0.507 e. The zero-order valence-corrected chi connectivity index (χ0v) is 22.6. The Kier molecular flexibility index (Phi) is 7.76. The topological polar surface area (TPSA) is 109 Å². The van der Waals surface area contributed by atoms with Crippen LogP contribution in [0, 0.1) is 0 Å². The second kappa shape index (κ2) is 10.8. The number of rotatable bonds is 5. The number of amides is 2. The minimum absolute atomic E-state index is 0.0286. The molecule has 202 valence electrons. The number of hydrogen-bond donors (Lipinski definition) is 1. The third-order valence-corrected chi connectivity index (χ3v) is 7.15. The average Bonchev–Trinajstić information content (AvgIpc) is 3.18. The number of likely N-dealkylation sites (tertiary alicyclic amines) is 2. The molecule has 2 aromatic rings. The van der Waals surface area contributed by atoms with Crippen LogP contribution >= 0.6 is 0 Å². The van der Waals surface area contributed by atoms with Gasteiger partial charge in [-0.15, -0.1) is 0 Å². The van der Waals surface area contributed by atoms with Crippen molar-refractivity contribution >= 4 is 23.5 Å². The van der Waals surface area contributed by atoms with Crippen LogP contribution in [0.4, 0.5) is 4.79 Å². The van der Waals surface area contributed by atoms with Crippen molar-refractivity contribution in [2.75, 3.05) is 26.8 Å². The maximum absolute atomic E-state index is 13.5. The summed E-state index contributed by atoms with van der Waals surface area (Å²) in [5.74, 6) is -0.972. The van der Waals surface area contributed by atoms with Crippen LogP contribution in [0.3, 0.4) is 0 Å². The summed E-state index contributed by atoms with van der Waals surface area (Å²) in [5, 5.41) is 11.5. The van der Waals surface area contributed by atoms with Gasteiger partial charge in [-0.2, -0.15) is 0 Å². The summed E-state index contributed by atoms with van der Waals surface area (Å²) in [6.07, 6.45) is 3.82. The molecular weight excluding hydrogens is 486 g/mol. The SMILES string of the molecule is CCOC(=O)N1CCC(N2C(=O)C(=O)/C(=C(/O)c3ccc(OC)c(C(C)(C)C)c3)C2c2cccnc2)CC1. The number of nitrogens with zero attached hydrogens (tertiary/aromatic N) is 3. The molecular formula is C29H35N3O6. The van der Waals surface area contributed by atoms with Crippen LogP contribution in [-0.2, 0) is 19.7 Å². The van der Waals surface area contributed by atoms with Gasteiger partial charge < -0.3 is 24.4 Å². The molecule has 38 heavy (non-hydrogen) atoms. The third kappa shape index (κ3) is 5.10. The van der Waals surface area contributed by atoms with Gasteiger partial charge in [-0.25, -0.2) is 4.79 Å². The first-order valence-electron chi connectivity index (χ1n) is 12.9. The van der Waals surface area contributed by atoms with Crippen LogP contribution in [-0.4, -0.2) is 70.5 Å². The minimum atomic E-state index is -0.803. The molecule has 9 heteroatoms. The lowest BCUT2D eigenvalue weighted by Gasteiger charge is -2.38. The van der Waals surface area contributed by atoms with Gasteiger partial charge in [-0.05, 0) is 55.0 Å². The highest BCUT2D eigenvalue weighted by Crippen LogP contribution is 2.43. The van der Waals surface area contributed by atoms with Gasteiger partial charge in [0.05, 0.1) is 25.3 Å². The fourth-order valence-corrected chi connectivity index (χ4v) is 5.23. The monoisotopic (exact) mass is 521 g/mol. The van der Waals surface area contributed by atoms with Crippen molar-refractivity contribution in [1.29, 1.82) is 0 Å². The van der Waals surface area contributed by atoms with E-state index in [9.17, 15) is 19.5 Å². The van der Waals surface area contributed by atoms with E-state index in [0.717, 1.165) is 5.56 Å². The molecule has 4 rings (SSSR count). The van der Waals surface area contributed by atoms with Gasteiger partial charge in [0.2, 0.25) is 0 Å². The predicted molar refractivity (Wildman–Crippen MR) is 142 cm³/mol. The molecule has 1 atom stereocenters. The maximum Gasteiger partial charge on any atom is 0.409 e. The zero-order chi connectivity index (χ0) is 27.6. The van der Waals surface area contributed by atoms with Crippen molar-refractivity contribution in [1.82, 2.24) is 14.8 Å². The lowest BCUT2D eigenvalue weighted by molar-refractivity contribution is -0.142. The van der Waals surface area contributed by atoms with Crippen molar-refractivity contribution in [3.63, 3.8) is 0 Å². The first-order chi connectivity index (χ1) is 18.1. The second-order valence-corrected chi connectivity index (χ2v) is 10.6. The quantitative estimate of drug-likeness (QED) is 0.352. The molecule has 0 bridgehead atoms. The lowest BCUT2D eigenvalue weighted by Crippen LogP contribution is -2.48. The molecule has 3 heterocycles. The van der Waals surface area contributed by atoms with Crippen LogP contribution in [0.2, 0.25) is 0 Å². The highest BCUT2D eigenvalue weighted by molar-refractivity contribution is 6.46. The van der Waals surface area contributed by atoms with Crippen molar-refractivity contribution in [2.24, 2.45) is 0 Å². The first kappa shape index (κ1) is 27.2. The molecule has 2 aliphatic rings. The Balaban J connectivity index is 1.77. The van der Waals surface area contributed by atoms with Crippen molar-refractivity contribution in [3.05, 3.63) is 65.0 Å². The smallest absolute Gasteiger partial charge is 0.409 e. The van der Waals surface area contributed by atoms with Crippen molar-refractivity contribution in [3.8, 4) is 5.75 Å². The number of pyridine rings is 1. The predicted octanol–water partition coefficient (Wildman–Crippen LogP) is 4.43. The van der Waals surface area contributed by atoms with Crippen LogP contribution in [0.1, 0.15) is 63.3 Å². The van der Waals surface area contributed by atoms with E-state index in [1.807, 2.05) is 20.8 Å². The van der Waals surface area contributed by atoms with Gasteiger partial charge in [-0.1, -0.05) is 26.8 Å². The van der Waals surface area contributed by atoms with Gasteiger partial charge in [0.25, 0.3) is 11.7 Å². The Morgan fingerprint density at radius 3 is 2.45 bits per heavy atom. The number of carbonyl (C=O) groups is 3. The maximum atomic E-state index is 13.5. The molecule has 0 saturated carbocycles. The van der Waals surface area contributed by atoms with Gasteiger partial charge in [0.15, 0.2) is 0 Å². The number of benzene rings is 1. The number of Topliss-reactive ketones (excluding diaryl/α,β-unsaturated/α-hetero) is 1. The van der Waals surface area contributed by atoms with Gasteiger partial charge in [0, 0.05) is 42.7 Å². The van der Waals surface area contributed by atoms with Crippen LogP contribution < -0.4 is 4.74 Å². The Morgan fingerprint density at radius 2 is 1.87 bits per heavy atom. The summed E-state index contributed by atoms with van der Waals surface area (Å²) in [6.45, 7) is 8.95. The third-order valence-electron chi connectivity index (χ3n) is 7.15. The molecule has 0 radical (unpaired) electrons. The number of aliphatic hydroxyl groups is 1. The number of aliphatic hydroxyl groups excluding tert-OH is 1. The van der Waals surface area contributed by atoms with E-state index in [1.54, 1.807) is 66.6 Å². The number of ketones is 1. The number of methoxy groups -OCH3 is 1. The molecule has 2 aliphatic heterocycles. The molecule has 0 spiro atoms. The molecule has 0 aliphatic carbocycles. The summed E-state index contributed by atoms with van der Waals surface area (Å²) in [4.78, 5) is 46.5. The van der Waals surface area contributed by atoms with Gasteiger partial charge in [-0.3, -0.25) is 14.6 Å². The zero-order valence-electron chi connectivity index (χ0n) is 22.6. The Labute approximate surface area is 223 Å². The van der Waals surface area contributed by atoms with Gasteiger partial charge in [0.1, 0.15) is 11.5 Å². The molecule has 2 saturated heterocycles. The first-order valence-corrected chi connectivity index (χ1v) is 12.9. The van der Waals surface area contributed by atoms with E-state index >= 15 is 0 Å². The molecule has 1 N–H and O–H groups in total. The van der Waals surface area contributed by atoms with Crippen molar-refractivity contribution < 1.29 is 29.0 Å². The average molecular weight is 522 g/mol. The molecule has 1 aromatic carbocycles. The molecule has 1 unspecified atom stereocenters. The summed E-state index contributed by atoms with van der Waals surface area (Å²) in [5.41, 5.74) is 1.66.